The van der Waals surface area contributed by atoms with Crippen molar-refractivity contribution in [1.82, 2.24) is 19.9 Å². The van der Waals surface area contributed by atoms with Gasteiger partial charge < -0.3 is 29.6 Å². The number of benzene rings is 1. The highest BCUT2D eigenvalue weighted by Gasteiger charge is 2.28. The van der Waals surface area contributed by atoms with E-state index in [1.54, 1.807) is 12.3 Å². The van der Waals surface area contributed by atoms with Crippen LogP contribution in [0, 0.1) is 5.92 Å². The largest absolute Gasteiger partial charge is 0.495 e. The molecule has 2 aromatic heterocycles. The number of halogens is 2. The highest BCUT2D eigenvalue weighted by molar-refractivity contribution is 6.41. The van der Waals surface area contributed by atoms with Gasteiger partial charge in [-0.05, 0) is 24.5 Å². The number of carbonyl (C=O) groups excluding carboxylic acids is 1. The van der Waals surface area contributed by atoms with Gasteiger partial charge in [0.25, 0.3) is 0 Å². The van der Waals surface area contributed by atoms with Crippen LogP contribution >= 0.6 is 23.2 Å². The number of anilines is 2. The van der Waals surface area contributed by atoms with Crippen molar-refractivity contribution >= 4 is 51.7 Å². The van der Waals surface area contributed by atoms with Crippen LogP contribution in [0.4, 0.5) is 11.8 Å². The zero-order valence-electron chi connectivity index (χ0n) is 24.3. The molecule has 0 spiro atoms. The molecule has 2 fully saturated rings. The number of rotatable bonds is 12. The third kappa shape index (κ3) is 7.30. The number of morpholine rings is 1. The SMILES string of the molecule is C=CC(=O)C[C@H]1CCOC[C@H]1Nc1ncc2cc(-c3c(Cl)c(OC)cc(OC)c3Cl)nc(NCCN3CCOCC3)c2n1. The van der Waals surface area contributed by atoms with Crippen molar-refractivity contribution in [1.29, 1.82) is 0 Å². The smallest absolute Gasteiger partial charge is 0.223 e. The molecule has 230 valence electrons. The molecule has 5 rings (SSSR count). The quantitative estimate of drug-likeness (QED) is 0.270. The first-order chi connectivity index (χ1) is 20.9. The molecule has 13 heteroatoms. The standard InChI is InChI=1S/C30H36Cl2N6O5/c1-4-20(39)13-18-5-10-43-17-22(18)36-30-34-16-19-14-21(25-26(31)23(40-2)15-24(41-3)27(25)32)35-29(28(19)37-30)33-6-7-38-8-11-42-12-9-38/h4,14-16,18,22H,1,5-13,17H2,2-3H3,(H,33,35)(H,34,36,37)/t18-,22-/m1/s1. The number of aromatic nitrogens is 3. The molecule has 43 heavy (non-hydrogen) atoms. The number of methoxy groups -OCH3 is 2. The molecular formula is C30H36Cl2N6O5. The summed E-state index contributed by atoms with van der Waals surface area (Å²) in [5, 5.41) is 8.23. The molecule has 0 radical (unpaired) electrons. The summed E-state index contributed by atoms with van der Waals surface area (Å²) in [4.78, 5) is 28.8. The first-order valence-corrected chi connectivity index (χ1v) is 15.0. The summed E-state index contributed by atoms with van der Waals surface area (Å²) in [5.74, 6) is 1.89. The number of hydrogen-bond acceptors (Lipinski definition) is 11. The molecule has 2 atom stereocenters. The lowest BCUT2D eigenvalue weighted by Gasteiger charge is -2.31. The summed E-state index contributed by atoms with van der Waals surface area (Å²) in [6.07, 6.45) is 4.25. The summed E-state index contributed by atoms with van der Waals surface area (Å²) >= 11 is 13.5. The Kier molecular flexibility index (Phi) is 10.5. The predicted octanol–water partition coefficient (Wildman–Crippen LogP) is 4.72. The van der Waals surface area contributed by atoms with Gasteiger partial charge >= 0.3 is 0 Å². The van der Waals surface area contributed by atoms with E-state index in [0.29, 0.717) is 76.3 Å². The van der Waals surface area contributed by atoms with Crippen molar-refractivity contribution in [3.8, 4) is 22.8 Å². The minimum atomic E-state index is -0.123. The summed E-state index contributed by atoms with van der Waals surface area (Å²) in [7, 11) is 3.06. The number of fused-ring (bicyclic) bond motifs is 1. The summed E-state index contributed by atoms with van der Waals surface area (Å²) in [6.45, 7) is 9.30. The van der Waals surface area contributed by atoms with E-state index in [1.807, 2.05) is 6.07 Å². The van der Waals surface area contributed by atoms with Gasteiger partial charge in [0.15, 0.2) is 11.6 Å². The van der Waals surface area contributed by atoms with E-state index in [9.17, 15) is 4.79 Å². The van der Waals surface area contributed by atoms with Crippen molar-refractivity contribution < 1.29 is 23.7 Å². The Morgan fingerprint density at radius 1 is 1.12 bits per heavy atom. The van der Waals surface area contributed by atoms with Gasteiger partial charge in [-0.1, -0.05) is 29.8 Å². The normalized spacial score (nSPS) is 19.2. The average molecular weight is 632 g/mol. The fraction of sp³-hybridized carbons (Fsp3) is 0.467. The zero-order valence-corrected chi connectivity index (χ0v) is 25.8. The second-order valence-electron chi connectivity index (χ2n) is 10.4. The Morgan fingerprint density at radius 2 is 1.86 bits per heavy atom. The zero-order chi connectivity index (χ0) is 30.3. The van der Waals surface area contributed by atoms with Crippen LogP contribution in [-0.2, 0) is 14.3 Å². The number of allylic oxidation sites excluding steroid dienone is 1. The number of carbonyl (C=O) groups is 1. The molecular weight excluding hydrogens is 595 g/mol. The fourth-order valence-electron chi connectivity index (χ4n) is 5.32. The van der Waals surface area contributed by atoms with Crippen LogP contribution < -0.4 is 20.1 Å². The van der Waals surface area contributed by atoms with Gasteiger partial charge in [-0.15, -0.1) is 0 Å². The molecule has 1 aromatic carbocycles. The lowest BCUT2D eigenvalue weighted by molar-refractivity contribution is -0.116. The first kappa shape index (κ1) is 31.2. The van der Waals surface area contributed by atoms with E-state index in [2.05, 4.69) is 27.1 Å². The van der Waals surface area contributed by atoms with Gasteiger partial charge in [0.1, 0.15) is 17.0 Å². The first-order valence-electron chi connectivity index (χ1n) is 14.2. The second-order valence-corrected chi connectivity index (χ2v) is 11.2. The third-order valence-corrected chi connectivity index (χ3v) is 8.48. The lowest BCUT2D eigenvalue weighted by atomic mass is 9.90. The monoisotopic (exact) mass is 630 g/mol. The van der Waals surface area contributed by atoms with Crippen molar-refractivity contribution in [3.05, 3.63) is 41.0 Å². The summed E-state index contributed by atoms with van der Waals surface area (Å²) < 4.78 is 22.2. The van der Waals surface area contributed by atoms with Crippen molar-refractivity contribution in [2.75, 3.05) is 77.5 Å². The molecule has 0 bridgehead atoms. The van der Waals surface area contributed by atoms with E-state index < -0.39 is 0 Å². The minimum Gasteiger partial charge on any atom is -0.495 e. The van der Waals surface area contributed by atoms with Crippen LogP contribution in [-0.4, -0.2) is 98.5 Å². The van der Waals surface area contributed by atoms with Gasteiger partial charge in [-0.3, -0.25) is 9.69 Å². The van der Waals surface area contributed by atoms with Crippen LogP contribution in [0.1, 0.15) is 12.8 Å². The fourth-order valence-corrected chi connectivity index (χ4v) is 6.02. The molecule has 0 saturated carbocycles. The maximum Gasteiger partial charge on any atom is 0.223 e. The molecule has 3 aromatic rings. The molecule has 2 saturated heterocycles. The van der Waals surface area contributed by atoms with Gasteiger partial charge in [-0.25, -0.2) is 15.0 Å². The molecule has 2 N–H and O–H groups in total. The Morgan fingerprint density at radius 3 is 2.56 bits per heavy atom. The molecule has 0 aliphatic carbocycles. The molecule has 2 aliphatic rings. The van der Waals surface area contributed by atoms with Crippen molar-refractivity contribution in [2.24, 2.45) is 5.92 Å². The predicted molar refractivity (Wildman–Crippen MR) is 168 cm³/mol. The number of pyridine rings is 1. The Labute approximate surface area is 260 Å². The molecule has 2 aliphatic heterocycles. The molecule has 0 unspecified atom stereocenters. The summed E-state index contributed by atoms with van der Waals surface area (Å²) in [5.41, 5.74) is 1.62. The van der Waals surface area contributed by atoms with Gasteiger partial charge in [0.2, 0.25) is 5.95 Å². The number of nitrogens with zero attached hydrogens (tertiary/aromatic N) is 4. The maximum atomic E-state index is 12.1. The number of ether oxygens (including phenoxy) is 4. The number of hydrogen-bond donors (Lipinski definition) is 2. The maximum absolute atomic E-state index is 12.1. The average Bonchev–Trinajstić information content (AvgIpc) is 3.03. The van der Waals surface area contributed by atoms with E-state index in [1.165, 1.54) is 20.3 Å². The highest BCUT2D eigenvalue weighted by atomic mass is 35.5. The van der Waals surface area contributed by atoms with Crippen LogP contribution in [0.25, 0.3) is 22.2 Å². The Balaban J connectivity index is 1.51. The molecule has 11 nitrogen and oxygen atoms in total. The number of ketones is 1. The lowest BCUT2D eigenvalue weighted by Crippen LogP contribution is -2.40. The van der Waals surface area contributed by atoms with E-state index in [0.717, 1.165) is 44.7 Å². The van der Waals surface area contributed by atoms with Crippen LogP contribution in [0.2, 0.25) is 10.0 Å². The van der Waals surface area contributed by atoms with Crippen LogP contribution in [0.5, 0.6) is 11.5 Å². The second kappa shape index (κ2) is 14.5. The van der Waals surface area contributed by atoms with Gasteiger partial charge in [0, 0.05) is 62.4 Å². The van der Waals surface area contributed by atoms with Crippen LogP contribution in [0.3, 0.4) is 0 Å². The summed E-state index contributed by atoms with van der Waals surface area (Å²) in [6, 6.07) is 3.36. The third-order valence-electron chi connectivity index (χ3n) is 7.72. The Hall–Kier alpha value is -3.22. The van der Waals surface area contributed by atoms with E-state index in [4.69, 9.17) is 52.1 Å². The molecule has 0 amide bonds. The molecule has 4 heterocycles. The van der Waals surface area contributed by atoms with Gasteiger partial charge in [-0.2, -0.15) is 0 Å². The topological polar surface area (TPSA) is 120 Å². The van der Waals surface area contributed by atoms with Crippen molar-refractivity contribution in [3.63, 3.8) is 0 Å². The minimum absolute atomic E-state index is 0.00751. The highest BCUT2D eigenvalue weighted by Crippen LogP contribution is 2.46. The van der Waals surface area contributed by atoms with Crippen LogP contribution in [0.15, 0.2) is 31.0 Å². The van der Waals surface area contributed by atoms with Crippen molar-refractivity contribution in [2.45, 2.75) is 18.9 Å². The Bertz CT molecular complexity index is 1440. The van der Waals surface area contributed by atoms with Gasteiger partial charge in [0.05, 0.1) is 55.8 Å². The number of nitrogens with one attached hydrogen (secondary N) is 2. The van der Waals surface area contributed by atoms with E-state index in [-0.39, 0.29) is 17.7 Å². The van der Waals surface area contributed by atoms with E-state index >= 15 is 0 Å².